The van der Waals surface area contributed by atoms with Crippen LogP contribution in [0, 0.1) is 6.92 Å². The summed E-state index contributed by atoms with van der Waals surface area (Å²) in [5.41, 5.74) is 16.3. The number of para-hydroxylation sites is 2. The third kappa shape index (κ3) is 6.86. The Labute approximate surface area is 341 Å². The van der Waals surface area contributed by atoms with Gasteiger partial charge in [-0.3, -0.25) is 0 Å². The van der Waals surface area contributed by atoms with Crippen LogP contribution in [0.25, 0.3) is 66.6 Å². The molecule has 0 amide bonds. The van der Waals surface area contributed by atoms with E-state index in [0.29, 0.717) is 0 Å². The van der Waals surface area contributed by atoms with Crippen molar-refractivity contribution >= 4 is 61.4 Å². The number of allylic oxidation sites excluding steroid dienone is 8. The predicted octanol–water partition coefficient (Wildman–Crippen LogP) is 15.8. The van der Waals surface area contributed by atoms with Crippen LogP contribution in [-0.4, -0.2) is 0 Å². The number of nitrogens with one attached hydrogen (secondary N) is 1. The summed E-state index contributed by atoms with van der Waals surface area (Å²) in [6.45, 7) is 6.25. The Morgan fingerprint density at radius 3 is 2.16 bits per heavy atom. The molecule has 0 bridgehead atoms. The molecule has 3 nitrogen and oxygen atoms in total. The average molecular weight is 751 g/mol. The quantitative estimate of drug-likeness (QED) is 0.190. The first-order chi connectivity index (χ1) is 28.7. The third-order valence-electron chi connectivity index (χ3n) is 11.2. The number of benzene rings is 7. The van der Waals surface area contributed by atoms with Crippen LogP contribution in [0.5, 0.6) is 0 Å². The summed E-state index contributed by atoms with van der Waals surface area (Å²) in [7, 11) is 0. The van der Waals surface area contributed by atoms with Crippen molar-refractivity contribution in [1.82, 2.24) is 0 Å². The average Bonchev–Trinajstić information content (AvgIpc) is 3.65. The lowest BCUT2D eigenvalue weighted by molar-refractivity contribution is 0.669. The summed E-state index contributed by atoms with van der Waals surface area (Å²) in [5.74, 6) is 0. The minimum atomic E-state index is 0.901. The first-order valence-corrected chi connectivity index (χ1v) is 20.4. The van der Waals surface area contributed by atoms with E-state index in [4.69, 9.17) is 4.42 Å². The molecule has 58 heavy (non-hydrogen) atoms. The summed E-state index contributed by atoms with van der Waals surface area (Å²) in [6.07, 6.45) is 18.9. The molecule has 0 unspecified atom stereocenters. The van der Waals surface area contributed by atoms with Crippen molar-refractivity contribution in [3.8, 4) is 22.3 Å². The topological polar surface area (TPSA) is 28.4 Å². The van der Waals surface area contributed by atoms with Crippen molar-refractivity contribution in [3.63, 3.8) is 0 Å². The van der Waals surface area contributed by atoms with E-state index in [9.17, 15) is 0 Å². The summed E-state index contributed by atoms with van der Waals surface area (Å²) in [5, 5.41) is 8.32. The molecule has 1 aliphatic carbocycles. The maximum atomic E-state index is 6.26. The first-order valence-electron chi connectivity index (χ1n) is 20.4. The number of fused-ring (bicyclic) bond motifs is 7. The van der Waals surface area contributed by atoms with Crippen molar-refractivity contribution in [3.05, 3.63) is 211 Å². The fourth-order valence-electron chi connectivity index (χ4n) is 8.45. The smallest absolute Gasteiger partial charge is 0.136 e. The van der Waals surface area contributed by atoms with Crippen molar-refractivity contribution < 1.29 is 4.42 Å². The number of hydrogen-bond donors (Lipinski definition) is 1. The van der Waals surface area contributed by atoms with Crippen LogP contribution in [0.3, 0.4) is 0 Å². The van der Waals surface area contributed by atoms with Crippen LogP contribution in [-0.2, 0) is 0 Å². The van der Waals surface area contributed by atoms with Crippen molar-refractivity contribution in [2.45, 2.75) is 33.6 Å². The van der Waals surface area contributed by atoms with Crippen LogP contribution in [0.1, 0.15) is 43.4 Å². The lowest BCUT2D eigenvalue weighted by Gasteiger charge is -2.32. The fourth-order valence-corrected chi connectivity index (χ4v) is 8.45. The van der Waals surface area contributed by atoms with Gasteiger partial charge in [-0.25, -0.2) is 0 Å². The molecule has 0 atom stereocenters. The molecule has 2 heterocycles. The van der Waals surface area contributed by atoms with E-state index < -0.39 is 0 Å². The first kappa shape index (κ1) is 36.5. The highest BCUT2D eigenvalue weighted by Gasteiger charge is 2.23. The van der Waals surface area contributed by atoms with Crippen LogP contribution >= 0.6 is 0 Å². The summed E-state index contributed by atoms with van der Waals surface area (Å²) >= 11 is 0. The Bertz CT molecular complexity index is 2960. The molecule has 0 saturated heterocycles. The molecule has 1 aliphatic heterocycles. The molecule has 2 aliphatic rings. The minimum absolute atomic E-state index is 0.901. The molecule has 0 spiro atoms. The van der Waals surface area contributed by atoms with E-state index in [-0.39, 0.29) is 0 Å². The van der Waals surface area contributed by atoms with Gasteiger partial charge in [0.25, 0.3) is 0 Å². The Hall–Kier alpha value is -7.10. The Balaban J connectivity index is 0.00000215. The number of rotatable bonds is 5. The maximum Gasteiger partial charge on any atom is 0.136 e. The summed E-state index contributed by atoms with van der Waals surface area (Å²) in [4.78, 5) is 2.49. The van der Waals surface area contributed by atoms with E-state index >= 15 is 0 Å². The molecule has 10 rings (SSSR count). The van der Waals surface area contributed by atoms with Crippen molar-refractivity contribution in [1.29, 1.82) is 0 Å². The van der Waals surface area contributed by atoms with Gasteiger partial charge in [0.15, 0.2) is 0 Å². The second-order valence-corrected chi connectivity index (χ2v) is 14.6. The molecule has 0 radical (unpaired) electrons. The molecule has 3 heteroatoms. The highest BCUT2D eigenvalue weighted by atomic mass is 16.3. The van der Waals surface area contributed by atoms with Gasteiger partial charge in [0.05, 0.1) is 5.69 Å². The zero-order valence-corrected chi connectivity index (χ0v) is 33.2. The number of hydrogen-bond acceptors (Lipinski definition) is 3. The van der Waals surface area contributed by atoms with Gasteiger partial charge >= 0.3 is 0 Å². The number of anilines is 3. The van der Waals surface area contributed by atoms with Gasteiger partial charge in [0.2, 0.25) is 0 Å². The Morgan fingerprint density at radius 2 is 1.28 bits per heavy atom. The molecule has 1 N–H and O–H groups in total. The fraction of sp³-hybridized carbons (Fsp3) is 0.0909. The predicted molar refractivity (Wildman–Crippen MR) is 249 cm³/mol. The van der Waals surface area contributed by atoms with Gasteiger partial charge in [-0.2, -0.15) is 0 Å². The SMILES string of the molecule is CC.Cc1cc(-c2ccc3c(c2)-c2ccccc2N/C=C/C=C\C=C/3)ccc1N(C1=CC=C(c2cccc3oc4ccccc4c23)CC1)c1cccc2ccccc12. The molecule has 0 fully saturated rings. The Morgan fingerprint density at radius 1 is 0.552 bits per heavy atom. The van der Waals surface area contributed by atoms with Gasteiger partial charge in [0, 0.05) is 45.0 Å². The zero-order valence-electron chi connectivity index (χ0n) is 33.2. The van der Waals surface area contributed by atoms with Gasteiger partial charge in [0.1, 0.15) is 11.2 Å². The van der Waals surface area contributed by atoms with Gasteiger partial charge in [-0.15, -0.1) is 0 Å². The molecule has 1 aromatic heterocycles. The highest BCUT2D eigenvalue weighted by molar-refractivity contribution is 6.10. The van der Waals surface area contributed by atoms with Gasteiger partial charge in [-0.1, -0.05) is 147 Å². The zero-order chi connectivity index (χ0) is 39.4. The standard InChI is InChI=1S/C53H40N2O.C2H6/c1-36-34-40(41-26-25-38-14-4-2-3-11-33-54-48-21-9-7-18-45(48)47(38)35-41)29-32-49(36)55(50-22-12-16-37-15-5-6-17-43(37)50)42-30-27-39(28-31-42)44-20-13-24-52-53(44)46-19-8-10-23-51(46)56-52;1-2/h2-27,29-30,32-35,54H,28,31H2,1H3;1-2H3/b3-2-,14-4-,33-11+;. The summed E-state index contributed by atoms with van der Waals surface area (Å²) < 4.78 is 6.26. The molecule has 0 saturated carbocycles. The second-order valence-electron chi connectivity index (χ2n) is 14.6. The van der Waals surface area contributed by atoms with Crippen LogP contribution in [0.15, 0.2) is 198 Å². The molecule has 7 aromatic carbocycles. The van der Waals surface area contributed by atoms with Crippen molar-refractivity contribution in [2.24, 2.45) is 0 Å². The molecule has 282 valence electrons. The lowest BCUT2D eigenvalue weighted by atomic mass is 9.91. The largest absolute Gasteiger partial charge is 0.456 e. The lowest BCUT2D eigenvalue weighted by Crippen LogP contribution is -2.19. The van der Waals surface area contributed by atoms with E-state index in [2.05, 4.69) is 187 Å². The van der Waals surface area contributed by atoms with E-state index in [1.54, 1.807) is 0 Å². The summed E-state index contributed by atoms with van der Waals surface area (Å²) in [6, 6.07) is 52.5. The number of nitrogens with zero attached hydrogens (tertiary/aromatic N) is 1. The number of furan rings is 1. The normalized spacial score (nSPS) is 15.1. The van der Waals surface area contributed by atoms with Crippen molar-refractivity contribution in [2.75, 3.05) is 10.2 Å². The Kier molecular flexibility index (Phi) is 10.2. The molecular formula is C55H46N2O. The monoisotopic (exact) mass is 750 g/mol. The maximum absolute atomic E-state index is 6.26. The third-order valence-corrected chi connectivity index (χ3v) is 11.2. The van der Waals surface area contributed by atoms with Crippen LogP contribution in [0.2, 0.25) is 0 Å². The molecular weight excluding hydrogens is 705 g/mol. The van der Waals surface area contributed by atoms with Gasteiger partial charge < -0.3 is 14.6 Å². The second kappa shape index (κ2) is 16.2. The van der Waals surface area contributed by atoms with Crippen LogP contribution in [0.4, 0.5) is 17.1 Å². The molecule has 8 aromatic rings. The van der Waals surface area contributed by atoms with E-state index in [0.717, 1.165) is 29.7 Å². The number of aryl methyl sites for hydroxylation is 1. The van der Waals surface area contributed by atoms with Gasteiger partial charge in [-0.05, 0) is 119 Å². The minimum Gasteiger partial charge on any atom is -0.456 e. The van der Waals surface area contributed by atoms with E-state index in [1.165, 1.54) is 83.1 Å². The van der Waals surface area contributed by atoms with E-state index in [1.807, 2.05) is 38.3 Å². The van der Waals surface area contributed by atoms with Crippen LogP contribution < -0.4 is 10.2 Å². The highest BCUT2D eigenvalue weighted by Crippen LogP contribution is 2.44.